The van der Waals surface area contributed by atoms with Gasteiger partial charge < -0.3 is 15.6 Å². The van der Waals surface area contributed by atoms with Crippen molar-refractivity contribution in [1.29, 1.82) is 0 Å². The van der Waals surface area contributed by atoms with Gasteiger partial charge >= 0.3 is 11.9 Å². The molecule has 6 nitrogen and oxygen atoms in total. The van der Waals surface area contributed by atoms with Crippen LogP contribution in [0.5, 0.6) is 0 Å². The van der Waals surface area contributed by atoms with Crippen molar-refractivity contribution in [3.05, 3.63) is 0 Å². The van der Waals surface area contributed by atoms with E-state index < -0.39 is 27.8 Å². The fourth-order valence-corrected chi connectivity index (χ4v) is 1.11. The van der Waals surface area contributed by atoms with E-state index in [0.29, 0.717) is 0 Å². The number of hydrogen-bond donors (Lipinski definition) is 2. The van der Waals surface area contributed by atoms with Gasteiger partial charge in [0.1, 0.15) is 5.60 Å². The van der Waals surface area contributed by atoms with Gasteiger partial charge in [-0.15, -0.1) is 0 Å². The van der Waals surface area contributed by atoms with E-state index in [1.165, 1.54) is 0 Å². The molecule has 0 aliphatic heterocycles. The molecule has 0 aromatic rings. The third kappa shape index (κ3) is 5.78. The van der Waals surface area contributed by atoms with Crippen LogP contribution in [-0.2, 0) is 19.1 Å². The zero-order chi connectivity index (χ0) is 13.9. The average molecular weight is 310 g/mol. The number of Topliss-reactive ketones (excluding diaryl/α,β-unsaturated/α-hetero) is 1. The van der Waals surface area contributed by atoms with Crippen LogP contribution in [0.2, 0.25) is 0 Å². The third-order valence-electron chi connectivity index (χ3n) is 1.69. The van der Waals surface area contributed by atoms with E-state index in [0.717, 1.165) is 0 Å². The summed E-state index contributed by atoms with van der Waals surface area (Å²) >= 11 is 2.60. The topological polar surface area (TPSA) is 107 Å². The maximum atomic E-state index is 11.4. The largest absolute Gasteiger partial charge is 0.479 e. The molecule has 7 heteroatoms. The van der Waals surface area contributed by atoms with Crippen LogP contribution in [-0.4, -0.2) is 32.9 Å². The molecule has 0 bridgehead atoms. The summed E-state index contributed by atoms with van der Waals surface area (Å²) < 4.78 is 2.82. The number of nitrogens with two attached hydrogens (primary N) is 1. The zero-order valence-corrected chi connectivity index (χ0v) is 11.5. The summed E-state index contributed by atoms with van der Waals surface area (Å²) in [5.41, 5.74) is 4.59. The number of carboxylic acid groups (broad SMARTS) is 1. The molecule has 0 aromatic carbocycles. The molecule has 0 amide bonds. The van der Waals surface area contributed by atoms with Gasteiger partial charge in [-0.05, 0) is 36.7 Å². The van der Waals surface area contributed by atoms with E-state index >= 15 is 0 Å². The third-order valence-corrected chi connectivity index (χ3v) is 2.47. The summed E-state index contributed by atoms with van der Waals surface area (Å²) in [7, 11) is 0. The summed E-state index contributed by atoms with van der Waals surface area (Å²) in [6.45, 7) is 5.09. The SMILES string of the molecule is CC(C)(C)OC(=O)CCC(=O)C(N)(Br)C(=O)O. The predicted octanol–water partition coefficient (Wildman–Crippen LogP) is 0.812. The number of carbonyl (C=O) groups excluding carboxylic acids is 2. The minimum absolute atomic E-state index is 0.200. The lowest BCUT2D eigenvalue weighted by Gasteiger charge is -2.20. The Kier molecular flexibility index (Phi) is 5.28. The van der Waals surface area contributed by atoms with Crippen LogP contribution in [0.4, 0.5) is 0 Å². The number of esters is 1. The lowest BCUT2D eigenvalue weighted by Crippen LogP contribution is -2.49. The molecule has 0 spiro atoms. The Balaban J connectivity index is 4.27. The number of alkyl halides is 1. The molecule has 0 heterocycles. The highest BCUT2D eigenvalue weighted by Crippen LogP contribution is 2.16. The molecule has 0 aliphatic rings. The van der Waals surface area contributed by atoms with Crippen LogP contribution in [0.3, 0.4) is 0 Å². The fourth-order valence-electron chi connectivity index (χ4n) is 0.909. The van der Waals surface area contributed by atoms with E-state index in [4.69, 9.17) is 15.6 Å². The summed E-state index contributed by atoms with van der Waals surface area (Å²) in [4.78, 5) is 33.3. The van der Waals surface area contributed by atoms with Gasteiger partial charge in [-0.3, -0.25) is 9.59 Å². The number of hydrogen-bond acceptors (Lipinski definition) is 5. The van der Waals surface area contributed by atoms with Crippen LogP contribution in [0.15, 0.2) is 0 Å². The molecule has 0 fully saturated rings. The molecule has 0 aliphatic carbocycles. The number of halogens is 1. The molecular weight excluding hydrogens is 294 g/mol. The van der Waals surface area contributed by atoms with Crippen LogP contribution < -0.4 is 5.73 Å². The van der Waals surface area contributed by atoms with Crippen LogP contribution >= 0.6 is 15.9 Å². The van der Waals surface area contributed by atoms with Crippen LogP contribution in [0.1, 0.15) is 33.6 Å². The van der Waals surface area contributed by atoms with Crippen molar-refractivity contribution >= 4 is 33.7 Å². The van der Waals surface area contributed by atoms with Gasteiger partial charge in [0.2, 0.25) is 4.45 Å². The number of carbonyl (C=O) groups is 3. The standard InChI is InChI=1S/C10H16BrNO5/c1-9(2,3)17-7(14)5-4-6(13)10(11,12)8(15)16/h4-5,12H2,1-3H3,(H,15,16). The van der Waals surface area contributed by atoms with Crippen molar-refractivity contribution in [3.8, 4) is 0 Å². The molecule has 0 aromatic heterocycles. The van der Waals surface area contributed by atoms with Crippen molar-refractivity contribution in [2.45, 2.75) is 43.7 Å². The summed E-state index contributed by atoms with van der Waals surface area (Å²) in [6.07, 6.45) is -0.489. The first-order chi connectivity index (χ1) is 7.47. The van der Waals surface area contributed by atoms with Gasteiger partial charge in [0.05, 0.1) is 6.42 Å². The molecular formula is C10H16BrNO5. The molecule has 0 saturated carbocycles. The van der Waals surface area contributed by atoms with E-state index in [2.05, 4.69) is 15.9 Å². The van der Waals surface area contributed by atoms with Crippen LogP contribution in [0.25, 0.3) is 0 Å². The summed E-state index contributed by atoms with van der Waals surface area (Å²) in [6, 6.07) is 0. The monoisotopic (exact) mass is 309 g/mol. The maximum Gasteiger partial charge on any atom is 0.342 e. The molecule has 3 N–H and O–H groups in total. The highest BCUT2D eigenvalue weighted by atomic mass is 79.9. The second-order valence-electron chi connectivity index (χ2n) is 4.53. The number of aliphatic carboxylic acids is 1. The Morgan fingerprint density at radius 3 is 2.06 bits per heavy atom. The minimum Gasteiger partial charge on any atom is -0.479 e. The molecule has 1 unspecified atom stereocenters. The maximum absolute atomic E-state index is 11.4. The van der Waals surface area contributed by atoms with E-state index in [1.54, 1.807) is 20.8 Å². The molecule has 1 atom stereocenters. The van der Waals surface area contributed by atoms with Gasteiger partial charge in [-0.2, -0.15) is 0 Å². The van der Waals surface area contributed by atoms with E-state index in [-0.39, 0.29) is 12.8 Å². The highest BCUT2D eigenvalue weighted by Gasteiger charge is 2.38. The first-order valence-electron chi connectivity index (χ1n) is 4.93. The Morgan fingerprint density at radius 2 is 1.71 bits per heavy atom. The van der Waals surface area contributed by atoms with Crippen LogP contribution in [0, 0.1) is 0 Å². The number of ketones is 1. The highest BCUT2D eigenvalue weighted by molar-refractivity contribution is 9.10. The van der Waals surface area contributed by atoms with E-state index in [1.807, 2.05) is 0 Å². The van der Waals surface area contributed by atoms with Crippen molar-refractivity contribution in [2.24, 2.45) is 5.73 Å². The van der Waals surface area contributed by atoms with Gasteiger partial charge in [0, 0.05) is 6.42 Å². The lowest BCUT2D eigenvalue weighted by atomic mass is 10.1. The van der Waals surface area contributed by atoms with Crippen molar-refractivity contribution < 1.29 is 24.2 Å². The van der Waals surface area contributed by atoms with Crippen molar-refractivity contribution in [2.75, 3.05) is 0 Å². The minimum atomic E-state index is -2.14. The average Bonchev–Trinajstić information content (AvgIpc) is 2.10. The quantitative estimate of drug-likeness (QED) is 0.337. The predicted molar refractivity (Wildman–Crippen MR) is 63.6 cm³/mol. The Labute approximate surface area is 108 Å². The number of carboxylic acids is 1. The van der Waals surface area contributed by atoms with Crippen molar-refractivity contribution in [3.63, 3.8) is 0 Å². The summed E-state index contributed by atoms with van der Waals surface area (Å²) in [5, 5.41) is 8.65. The van der Waals surface area contributed by atoms with Gasteiger partial charge in [-0.1, -0.05) is 0 Å². The summed E-state index contributed by atoms with van der Waals surface area (Å²) in [5.74, 6) is -2.85. The second kappa shape index (κ2) is 5.59. The first kappa shape index (κ1) is 16.1. The lowest BCUT2D eigenvalue weighted by molar-refractivity contribution is -0.156. The van der Waals surface area contributed by atoms with Gasteiger partial charge in [0.25, 0.3) is 0 Å². The Morgan fingerprint density at radius 1 is 1.24 bits per heavy atom. The number of ether oxygens (including phenoxy) is 1. The Hall–Kier alpha value is -0.950. The second-order valence-corrected chi connectivity index (χ2v) is 5.78. The smallest absolute Gasteiger partial charge is 0.342 e. The fraction of sp³-hybridized carbons (Fsp3) is 0.700. The molecule has 0 rings (SSSR count). The first-order valence-corrected chi connectivity index (χ1v) is 5.72. The van der Waals surface area contributed by atoms with E-state index in [9.17, 15) is 14.4 Å². The molecule has 0 saturated heterocycles. The number of rotatable bonds is 5. The Bertz CT molecular complexity index is 332. The van der Waals surface area contributed by atoms with Gasteiger partial charge in [0.15, 0.2) is 5.78 Å². The molecule has 17 heavy (non-hydrogen) atoms. The molecule has 0 radical (unpaired) electrons. The van der Waals surface area contributed by atoms with Gasteiger partial charge in [-0.25, -0.2) is 4.79 Å². The normalized spacial score (nSPS) is 14.9. The zero-order valence-electron chi connectivity index (χ0n) is 9.95. The molecule has 98 valence electrons. The van der Waals surface area contributed by atoms with Crippen molar-refractivity contribution in [1.82, 2.24) is 0 Å².